The number of anilines is 1. The van der Waals surface area contributed by atoms with Crippen LogP contribution < -0.4 is 16.0 Å². The monoisotopic (exact) mass is 362 g/mol. The van der Waals surface area contributed by atoms with E-state index in [0.29, 0.717) is 13.0 Å². The minimum absolute atomic E-state index is 0.0567. The lowest BCUT2D eigenvalue weighted by atomic mass is 10.2. The van der Waals surface area contributed by atoms with Crippen molar-refractivity contribution in [3.8, 4) is 0 Å². The summed E-state index contributed by atoms with van der Waals surface area (Å²) in [5, 5.41) is 9.50. The molecule has 146 valence electrons. The summed E-state index contributed by atoms with van der Waals surface area (Å²) in [7, 11) is 0. The number of rotatable bonds is 12. The summed E-state index contributed by atoms with van der Waals surface area (Å²) in [6.07, 6.45) is 3.50. The number of carbonyl (C=O) groups is 1. The van der Waals surface area contributed by atoms with E-state index in [-0.39, 0.29) is 5.91 Å². The highest BCUT2D eigenvalue weighted by molar-refractivity contribution is 5.90. The number of ether oxygens (including phenoxy) is 1. The fourth-order valence-electron chi connectivity index (χ4n) is 2.34. The van der Waals surface area contributed by atoms with Crippen molar-refractivity contribution in [1.82, 2.24) is 10.6 Å². The third-order valence-electron chi connectivity index (χ3n) is 3.69. The Labute approximate surface area is 157 Å². The van der Waals surface area contributed by atoms with Crippen LogP contribution >= 0.6 is 0 Å². The maximum Gasteiger partial charge on any atom is 0.224 e. The van der Waals surface area contributed by atoms with Crippen LogP contribution in [0.4, 0.5) is 5.69 Å². The maximum atomic E-state index is 11.6. The smallest absolute Gasteiger partial charge is 0.224 e. The molecule has 1 aromatic carbocycles. The number of hydrogen-bond donors (Lipinski definition) is 3. The topological polar surface area (TPSA) is 74.8 Å². The molecule has 0 spiro atoms. The van der Waals surface area contributed by atoms with E-state index in [0.717, 1.165) is 62.8 Å². The summed E-state index contributed by atoms with van der Waals surface area (Å²) in [5.41, 5.74) is 1.93. The van der Waals surface area contributed by atoms with Gasteiger partial charge >= 0.3 is 0 Å². The number of hydrogen-bond acceptors (Lipinski definition) is 3. The highest BCUT2D eigenvalue weighted by Crippen LogP contribution is 2.11. The molecule has 0 saturated carbocycles. The second kappa shape index (κ2) is 14.1. The molecular formula is C20H34N4O2. The normalized spacial score (nSPS) is 11.3. The highest BCUT2D eigenvalue weighted by atomic mass is 16.5. The molecule has 6 nitrogen and oxygen atoms in total. The van der Waals surface area contributed by atoms with E-state index >= 15 is 0 Å². The van der Waals surface area contributed by atoms with Crippen molar-refractivity contribution < 1.29 is 9.53 Å². The van der Waals surface area contributed by atoms with Gasteiger partial charge in [-0.3, -0.25) is 4.79 Å². The molecule has 0 bridgehead atoms. The van der Waals surface area contributed by atoms with Gasteiger partial charge in [0.15, 0.2) is 5.96 Å². The van der Waals surface area contributed by atoms with Gasteiger partial charge in [-0.1, -0.05) is 19.1 Å². The maximum absolute atomic E-state index is 11.6. The highest BCUT2D eigenvalue weighted by Gasteiger charge is 2.01. The first-order valence-electron chi connectivity index (χ1n) is 9.68. The van der Waals surface area contributed by atoms with Gasteiger partial charge in [-0.05, 0) is 50.8 Å². The molecule has 0 unspecified atom stereocenters. The van der Waals surface area contributed by atoms with E-state index < -0.39 is 0 Å². The molecular weight excluding hydrogens is 328 g/mol. The van der Waals surface area contributed by atoms with Gasteiger partial charge in [0.05, 0.1) is 6.54 Å². The van der Waals surface area contributed by atoms with Crippen LogP contribution in [0.15, 0.2) is 29.3 Å². The molecule has 6 heteroatoms. The van der Waals surface area contributed by atoms with Gasteiger partial charge in [0.2, 0.25) is 5.91 Å². The van der Waals surface area contributed by atoms with Gasteiger partial charge in [0.1, 0.15) is 0 Å². The van der Waals surface area contributed by atoms with E-state index in [1.165, 1.54) is 0 Å². The number of benzene rings is 1. The van der Waals surface area contributed by atoms with Gasteiger partial charge in [-0.2, -0.15) is 0 Å². The Hall–Kier alpha value is -2.08. The van der Waals surface area contributed by atoms with Crippen LogP contribution in [0, 0.1) is 0 Å². The van der Waals surface area contributed by atoms with Crippen LogP contribution in [0.5, 0.6) is 0 Å². The first-order valence-corrected chi connectivity index (χ1v) is 9.68. The molecule has 0 saturated heterocycles. The molecule has 0 aromatic heterocycles. The number of guanidine groups is 1. The molecule has 3 N–H and O–H groups in total. The lowest BCUT2D eigenvalue weighted by Crippen LogP contribution is -2.37. The molecule has 0 atom stereocenters. The predicted molar refractivity (Wildman–Crippen MR) is 109 cm³/mol. The molecule has 0 radical (unpaired) electrons. The molecule has 26 heavy (non-hydrogen) atoms. The Morgan fingerprint density at radius 1 is 1.08 bits per heavy atom. The summed E-state index contributed by atoms with van der Waals surface area (Å²) in [6, 6.07) is 7.84. The lowest BCUT2D eigenvalue weighted by Gasteiger charge is -2.11. The van der Waals surface area contributed by atoms with Gasteiger partial charge in [0.25, 0.3) is 0 Å². The molecule has 0 heterocycles. The molecule has 0 aliphatic rings. The molecule has 1 rings (SSSR count). The standard InChI is InChI=1S/C20H34N4O2/c1-4-9-19(25)24-18-12-10-17(11-13-18)16-23-20(21-5-2)22-14-7-8-15-26-6-3/h10-13H,4-9,14-16H2,1-3H3,(H,24,25)(H2,21,22,23). The van der Waals surface area contributed by atoms with Crippen molar-refractivity contribution in [2.75, 3.05) is 31.6 Å². The summed E-state index contributed by atoms with van der Waals surface area (Å²) < 4.78 is 5.34. The van der Waals surface area contributed by atoms with Crippen molar-refractivity contribution in [1.29, 1.82) is 0 Å². The third kappa shape index (κ3) is 10.0. The Morgan fingerprint density at radius 2 is 1.85 bits per heavy atom. The summed E-state index contributed by atoms with van der Waals surface area (Å²) in [4.78, 5) is 16.2. The SMILES string of the molecule is CCCC(=O)Nc1ccc(CN=C(NCC)NCCCCOCC)cc1. The van der Waals surface area contributed by atoms with Crippen LogP contribution in [0.25, 0.3) is 0 Å². The van der Waals surface area contributed by atoms with Crippen LogP contribution in [0.2, 0.25) is 0 Å². The summed E-state index contributed by atoms with van der Waals surface area (Å²) in [5.74, 6) is 0.880. The van der Waals surface area contributed by atoms with Crippen LogP contribution in [0.1, 0.15) is 52.0 Å². The van der Waals surface area contributed by atoms with E-state index in [1.54, 1.807) is 0 Å². The number of nitrogens with zero attached hydrogens (tertiary/aromatic N) is 1. The van der Waals surface area contributed by atoms with Gasteiger partial charge in [-0.25, -0.2) is 4.99 Å². The lowest BCUT2D eigenvalue weighted by molar-refractivity contribution is -0.116. The van der Waals surface area contributed by atoms with Crippen molar-refractivity contribution in [2.45, 2.75) is 53.0 Å². The van der Waals surface area contributed by atoms with Gasteiger partial charge < -0.3 is 20.7 Å². The largest absolute Gasteiger partial charge is 0.382 e. The fraction of sp³-hybridized carbons (Fsp3) is 0.600. The zero-order valence-corrected chi connectivity index (χ0v) is 16.4. The Morgan fingerprint density at radius 3 is 2.50 bits per heavy atom. The zero-order valence-electron chi connectivity index (χ0n) is 16.4. The number of amides is 1. The summed E-state index contributed by atoms with van der Waals surface area (Å²) >= 11 is 0. The van der Waals surface area contributed by atoms with Crippen molar-refractivity contribution in [3.05, 3.63) is 29.8 Å². The third-order valence-corrected chi connectivity index (χ3v) is 3.69. The molecule has 1 amide bonds. The molecule has 0 aliphatic heterocycles. The molecule has 0 aliphatic carbocycles. The average Bonchev–Trinajstić information content (AvgIpc) is 2.64. The van der Waals surface area contributed by atoms with Crippen LogP contribution in [-0.2, 0) is 16.1 Å². The average molecular weight is 363 g/mol. The van der Waals surface area contributed by atoms with E-state index in [4.69, 9.17) is 4.74 Å². The fourth-order valence-corrected chi connectivity index (χ4v) is 2.34. The van der Waals surface area contributed by atoms with Crippen molar-refractivity contribution in [2.24, 2.45) is 4.99 Å². The number of unbranched alkanes of at least 4 members (excludes halogenated alkanes) is 1. The second-order valence-electron chi connectivity index (χ2n) is 6.02. The molecule has 0 fully saturated rings. The van der Waals surface area contributed by atoms with E-state index in [9.17, 15) is 4.79 Å². The Bertz CT molecular complexity index is 529. The zero-order chi connectivity index (χ0) is 19.0. The van der Waals surface area contributed by atoms with Gasteiger partial charge in [-0.15, -0.1) is 0 Å². The second-order valence-corrected chi connectivity index (χ2v) is 6.02. The number of nitrogens with one attached hydrogen (secondary N) is 3. The van der Waals surface area contributed by atoms with Crippen LogP contribution in [-0.4, -0.2) is 38.2 Å². The van der Waals surface area contributed by atoms with E-state index in [2.05, 4.69) is 27.9 Å². The minimum Gasteiger partial charge on any atom is -0.382 e. The van der Waals surface area contributed by atoms with Gasteiger partial charge in [0, 0.05) is 38.4 Å². The molecule has 1 aromatic rings. The first-order chi connectivity index (χ1) is 12.7. The predicted octanol–water partition coefficient (Wildman–Crippen LogP) is 3.30. The summed E-state index contributed by atoms with van der Waals surface area (Å²) in [6.45, 7) is 9.95. The Balaban J connectivity index is 2.43. The van der Waals surface area contributed by atoms with E-state index in [1.807, 2.05) is 38.1 Å². The van der Waals surface area contributed by atoms with Crippen LogP contribution in [0.3, 0.4) is 0 Å². The van der Waals surface area contributed by atoms with Crippen molar-refractivity contribution in [3.63, 3.8) is 0 Å². The minimum atomic E-state index is 0.0567. The quantitative estimate of drug-likeness (QED) is 0.303. The van der Waals surface area contributed by atoms with Crippen molar-refractivity contribution >= 4 is 17.6 Å². The Kier molecular flexibility index (Phi) is 11.9. The number of carbonyl (C=O) groups excluding carboxylic acids is 1. The number of aliphatic imine (C=N–C) groups is 1. The first kappa shape index (κ1) is 22.0.